The number of nitrogens with one attached hydrogen (secondary N) is 1. The molecule has 0 aromatic rings. The van der Waals surface area contributed by atoms with Crippen LogP contribution in [0.15, 0.2) is 0 Å². The maximum atomic E-state index is 13.0. The lowest BCUT2D eigenvalue weighted by molar-refractivity contribution is -0.198. The molecule has 0 radical (unpaired) electrons. The highest BCUT2D eigenvalue weighted by atomic mass is 19.4. The summed E-state index contributed by atoms with van der Waals surface area (Å²) in [5, 5.41) is 1.65. The molecule has 10 heteroatoms. The Kier molecular flexibility index (Phi) is 6.29. The lowest BCUT2D eigenvalue weighted by Crippen LogP contribution is -2.59. The number of amides is 2. The largest absolute Gasteiger partial charge is 0.471 e. The standard InChI is InChI=1S/C13H18F6N2O2/c1-2-3-4-10(22)21-7-8(20-11(23)13(17,18)19)5-6-9(21)12(14,15)16/h8-9H,2-7H2,1H3,(H,20,23)/t8-,9+/m1/s1. The van der Waals surface area contributed by atoms with Crippen LogP contribution >= 0.6 is 0 Å². The van der Waals surface area contributed by atoms with Gasteiger partial charge in [-0.1, -0.05) is 13.3 Å². The number of unbranched alkanes of at least 4 members (excludes halogenated alkanes) is 1. The summed E-state index contributed by atoms with van der Waals surface area (Å²) in [5.41, 5.74) is 0. The van der Waals surface area contributed by atoms with E-state index in [-0.39, 0.29) is 12.8 Å². The number of carbonyl (C=O) groups excluding carboxylic acids is 2. The fourth-order valence-electron chi connectivity index (χ4n) is 2.44. The molecule has 0 unspecified atom stereocenters. The Labute approximate surface area is 129 Å². The third-order valence-corrected chi connectivity index (χ3v) is 3.62. The maximum Gasteiger partial charge on any atom is 0.471 e. The van der Waals surface area contributed by atoms with Gasteiger partial charge in [0.1, 0.15) is 6.04 Å². The molecule has 0 aromatic heterocycles. The highest BCUT2D eigenvalue weighted by Crippen LogP contribution is 2.32. The van der Waals surface area contributed by atoms with Gasteiger partial charge in [-0.3, -0.25) is 9.59 Å². The Morgan fingerprint density at radius 1 is 1.13 bits per heavy atom. The van der Waals surface area contributed by atoms with Gasteiger partial charge in [-0.05, 0) is 19.3 Å². The summed E-state index contributed by atoms with van der Waals surface area (Å²) in [6.45, 7) is 1.19. The van der Waals surface area contributed by atoms with Crippen molar-refractivity contribution >= 4 is 11.8 Å². The van der Waals surface area contributed by atoms with E-state index in [1.54, 1.807) is 12.2 Å². The maximum absolute atomic E-state index is 13.0. The summed E-state index contributed by atoms with van der Waals surface area (Å²) in [5.74, 6) is -2.98. The van der Waals surface area contributed by atoms with Crippen LogP contribution in [-0.4, -0.2) is 47.7 Å². The van der Waals surface area contributed by atoms with E-state index in [4.69, 9.17) is 0 Å². The van der Waals surface area contributed by atoms with Crippen LogP contribution in [0.1, 0.15) is 39.0 Å². The number of nitrogens with zero attached hydrogens (tertiary/aromatic N) is 1. The van der Waals surface area contributed by atoms with Crippen molar-refractivity contribution in [3.05, 3.63) is 0 Å². The fourth-order valence-corrected chi connectivity index (χ4v) is 2.44. The van der Waals surface area contributed by atoms with Gasteiger partial charge in [0.2, 0.25) is 5.91 Å². The molecule has 1 N–H and O–H groups in total. The van der Waals surface area contributed by atoms with Crippen molar-refractivity contribution in [3.63, 3.8) is 0 Å². The fraction of sp³-hybridized carbons (Fsp3) is 0.846. The first-order valence-corrected chi connectivity index (χ1v) is 7.20. The Morgan fingerprint density at radius 2 is 1.74 bits per heavy atom. The zero-order valence-electron chi connectivity index (χ0n) is 12.4. The average molecular weight is 348 g/mol. The third-order valence-electron chi connectivity index (χ3n) is 3.62. The average Bonchev–Trinajstić information content (AvgIpc) is 2.42. The minimum atomic E-state index is -5.11. The molecule has 0 bridgehead atoms. The van der Waals surface area contributed by atoms with Gasteiger partial charge < -0.3 is 10.2 Å². The van der Waals surface area contributed by atoms with Crippen molar-refractivity contribution in [3.8, 4) is 0 Å². The van der Waals surface area contributed by atoms with Gasteiger partial charge in [0, 0.05) is 19.0 Å². The van der Waals surface area contributed by atoms with Crippen LogP contribution in [0.4, 0.5) is 26.3 Å². The van der Waals surface area contributed by atoms with E-state index in [9.17, 15) is 35.9 Å². The monoisotopic (exact) mass is 348 g/mol. The molecular formula is C13H18F6N2O2. The van der Waals surface area contributed by atoms with E-state index in [1.807, 2.05) is 0 Å². The Balaban J connectivity index is 2.81. The molecule has 134 valence electrons. The molecule has 0 spiro atoms. The van der Waals surface area contributed by atoms with Gasteiger partial charge >= 0.3 is 18.3 Å². The summed E-state index contributed by atoms with van der Waals surface area (Å²) in [4.78, 5) is 23.4. The molecule has 1 rings (SSSR count). The van der Waals surface area contributed by atoms with Crippen LogP contribution in [0.2, 0.25) is 0 Å². The van der Waals surface area contributed by atoms with Crippen LogP contribution in [0, 0.1) is 0 Å². The summed E-state index contributed by atoms with van der Waals surface area (Å²) in [7, 11) is 0. The van der Waals surface area contributed by atoms with Gasteiger partial charge in [0.25, 0.3) is 0 Å². The number of hydrogen-bond acceptors (Lipinski definition) is 2. The number of hydrogen-bond donors (Lipinski definition) is 1. The molecule has 0 aromatic carbocycles. The number of rotatable bonds is 4. The minimum Gasteiger partial charge on any atom is -0.344 e. The zero-order valence-corrected chi connectivity index (χ0v) is 12.4. The third kappa shape index (κ3) is 5.58. The highest BCUT2D eigenvalue weighted by Gasteiger charge is 2.49. The second kappa shape index (κ2) is 7.39. The molecule has 23 heavy (non-hydrogen) atoms. The Hall–Kier alpha value is -1.48. The molecule has 1 aliphatic rings. The van der Waals surface area contributed by atoms with Gasteiger partial charge in [-0.15, -0.1) is 0 Å². The second-order valence-corrected chi connectivity index (χ2v) is 5.45. The van der Waals surface area contributed by atoms with Crippen molar-refractivity contribution in [1.29, 1.82) is 0 Å². The van der Waals surface area contributed by atoms with E-state index < -0.39 is 49.2 Å². The smallest absolute Gasteiger partial charge is 0.344 e. The van der Waals surface area contributed by atoms with E-state index in [1.165, 1.54) is 0 Å². The first kappa shape index (κ1) is 19.6. The Bertz CT molecular complexity index is 435. The normalized spacial score (nSPS) is 22.8. The number of halogens is 6. The predicted molar refractivity (Wildman–Crippen MR) is 68.3 cm³/mol. The minimum absolute atomic E-state index is 0.108. The zero-order chi connectivity index (χ0) is 17.8. The van der Waals surface area contributed by atoms with Gasteiger partial charge in [0.15, 0.2) is 0 Å². The summed E-state index contributed by atoms with van der Waals surface area (Å²) in [6, 6.07) is -3.17. The van der Waals surface area contributed by atoms with E-state index >= 15 is 0 Å². The van der Waals surface area contributed by atoms with Gasteiger partial charge in [-0.2, -0.15) is 26.3 Å². The summed E-state index contributed by atoms with van der Waals surface area (Å²) in [6.07, 6.45) is -9.69. The number of likely N-dealkylation sites (tertiary alicyclic amines) is 1. The molecular weight excluding hydrogens is 330 g/mol. The van der Waals surface area contributed by atoms with Crippen LogP contribution < -0.4 is 5.32 Å². The SMILES string of the molecule is CCCCC(=O)N1C[C@H](NC(=O)C(F)(F)F)CC[C@H]1C(F)(F)F. The predicted octanol–water partition coefficient (Wildman–Crippen LogP) is 2.78. The van der Waals surface area contributed by atoms with Crippen molar-refractivity contribution in [2.24, 2.45) is 0 Å². The molecule has 4 nitrogen and oxygen atoms in total. The molecule has 0 aliphatic carbocycles. The highest BCUT2D eigenvalue weighted by molar-refractivity contribution is 5.82. The lowest BCUT2D eigenvalue weighted by atomic mass is 9.96. The van der Waals surface area contributed by atoms with Crippen LogP contribution in [0.3, 0.4) is 0 Å². The van der Waals surface area contributed by atoms with E-state index in [2.05, 4.69) is 0 Å². The lowest BCUT2D eigenvalue weighted by Gasteiger charge is -2.40. The van der Waals surface area contributed by atoms with Crippen LogP contribution in [-0.2, 0) is 9.59 Å². The van der Waals surface area contributed by atoms with Gasteiger partial charge in [0.05, 0.1) is 0 Å². The summed E-state index contributed by atoms with van der Waals surface area (Å²) < 4.78 is 75.6. The molecule has 1 fully saturated rings. The molecule has 1 aliphatic heterocycles. The van der Waals surface area contributed by atoms with E-state index in [0.717, 1.165) is 0 Å². The van der Waals surface area contributed by atoms with Crippen molar-refractivity contribution < 1.29 is 35.9 Å². The second-order valence-electron chi connectivity index (χ2n) is 5.45. The van der Waals surface area contributed by atoms with E-state index in [0.29, 0.717) is 17.7 Å². The number of piperidine rings is 1. The van der Waals surface area contributed by atoms with Crippen molar-refractivity contribution in [1.82, 2.24) is 10.2 Å². The quantitative estimate of drug-likeness (QED) is 0.795. The summed E-state index contributed by atoms with van der Waals surface area (Å²) >= 11 is 0. The first-order chi connectivity index (χ1) is 10.5. The van der Waals surface area contributed by atoms with Crippen LogP contribution in [0.25, 0.3) is 0 Å². The van der Waals surface area contributed by atoms with Gasteiger partial charge in [-0.25, -0.2) is 0 Å². The molecule has 2 atom stereocenters. The Morgan fingerprint density at radius 3 is 2.22 bits per heavy atom. The topological polar surface area (TPSA) is 49.4 Å². The molecule has 0 saturated carbocycles. The first-order valence-electron chi connectivity index (χ1n) is 7.20. The van der Waals surface area contributed by atoms with Crippen LogP contribution in [0.5, 0.6) is 0 Å². The molecule has 1 saturated heterocycles. The van der Waals surface area contributed by atoms with Crippen molar-refractivity contribution in [2.45, 2.75) is 63.5 Å². The van der Waals surface area contributed by atoms with Crippen molar-refractivity contribution in [2.75, 3.05) is 6.54 Å². The molecule has 1 heterocycles. The number of carbonyl (C=O) groups is 2. The number of alkyl halides is 6. The molecule has 2 amide bonds.